The summed E-state index contributed by atoms with van der Waals surface area (Å²) in [4.78, 5) is 21.8. The minimum absolute atomic E-state index is 0.0246. The first-order valence-corrected chi connectivity index (χ1v) is 10.7. The second kappa shape index (κ2) is 8.76. The Morgan fingerprint density at radius 3 is 2.48 bits per heavy atom. The lowest BCUT2D eigenvalue weighted by atomic mass is 10.1. The zero-order valence-electron chi connectivity index (χ0n) is 16.8. The number of rotatable bonds is 5. The van der Waals surface area contributed by atoms with Gasteiger partial charge in [0, 0.05) is 43.7 Å². The first-order chi connectivity index (χ1) is 14.1. The van der Waals surface area contributed by atoms with Gasteiger partial charge >= 0.3 is 0 Å². The van der Waals surface area contributed by atoms with Gasteiger partial charge in [-0.15, -0.1) is 11.3 Å². The highest BCUT2D eigenvalue weighted by atomic mass is 32.1. The van der Waals surface area contributed by atoms with Crippen LogP contribution in [-0.4, -0.2) is 54.0 Å². The first-order valence-electron chi connectivity index (χ1n) is 9.80. The molecule has 29 heavy (non-hydrogen) atoms. The Bertz CT molecular complexity index is 976. The van der Waals surface area contributed by atoms with Gasteiger partial charge in [-0.3, -0.25) is 9.69 Å². The van der Waals surface area contributed by atoms with Crippen LogP contribution in [-0.2, 0) is 6.54 Å². The number of carbonyl (C=O) groups excluding carboxylic acids is 1. The van der Waals surface area contributed by atoms with Crippen molar-refractivity contribution in [2.75, 3.05) is 33.3 Å². The van der Waals surface area contributed by atoms with Crippen LogP contribution in [0.1, 0.15) is 21.6 Å². The molecule has 0 atom stereocenters. The van der Waals surface area contributed by atoms with Gasteiger partial charge in [0.05, 0.1) is 7.11 Å². The fraction of sp³-hybridized carbons (Fsp3) is 0.304. The average molecular weight is 408 g/mol. The van der Waals surface area contributed by atoms with E-state index in [1.54, 1.807) is 7.11 Å². The van der Waals surface area contributed by atoms with Crippen molar-refractivity contribution >= 4 is 17.2 Å². The van der Waals surface area contributed by atoms with Crippen LogP contribution in [0.15, 0.2) is 53.9 Å². The standard InChI is InChI=1S/C23H25N3O2S/c1-17-5-3-4-6-19(17)15-25-11-13-26(14-12-25)23(27)21-16-29-22(24-21)18-7-9-20(28-2)10-8-18/h3-10,16H,11-15H2,1-2H3. The van der Waals surface area contributed by atoms with E-state index in [0.717, 1.165) is 49.0 Å². The van der Waals surface area contributed by atoms with Gasteiger partial charge < -0.3 is 9.64 Å². The minimum Gasteiger partial charge on any atom is -0.497 e. The molecule has 1 saturated heterocycles. The Labute approximate surface area is 175 Å². The molecule has 0 spiro atoms. The minimum atomic E-state index is 0.0246. The smallest absolute Gasteiger partial charge is 0.273 e. The van der Waals surface area contributed by atoms with E-state index in [2.05, 4.69) is 41.1 Å². The summed E-state index contributed by atoms with van der Waals surface area (Å²) in [5.74, 6) is 0.835. The molecule has 0 aliphatic carbocycles. The van der Waals surface area contributed by atoms with E-state index < -0.39 is 0 Å². The summed E-state index contributed by atoms with van der Waals surface area (Å²) in [6, 6.07) is 16.2. The molecule has 1 aliphatic rings. The molecule has 150 valence electrons. The molecule has 4 rings (SSSR count). The Morgan fingerprint density at radius 2 is 1.79 bits per heavy atom. The van der Waals surface area contributed by atoms with Crippen molar-refractivity contribution < 1.29 is 9.53 Å². The van der Waals surface area contributed by atoms with Gasteiger partial charge in [0.15, 0.2) is 0 Å². The van der Waals surface area contributed by atoms with Crippen molar-refractivity contribution in [1.29, 1.82) is 0 Å². The maximum Gasteiger partial charge on any atom is 0.273 e. The van der Waals surface area contributed by atoms with E-state index >= 15 is 0 Å². The highest BCUT2D eigenvalue weighted by molar-refractivity contribution is 7.13. The number of aryl methyl sites for hydroxylation is 1. The van der Waals surface area contributed by atoms with Crippen LogP contribution in [0.25, 0.3) is 10.6 Å². The predicted octanol–water partition coefficient (Wildman–Crippen LogP) is 4.09. The van der Waals surface area contributed by atoms with Crippen LogP contribution >= 0.6 is 11.3 Å². The van der Waals surface area contributed by atoms with E-state index in [0.29, 0.717) is 5.69 Å². The fourth-order valence-corrected chi connectivity index (χ4v) is 4.34. The van der Waals surface area contributed by atoms with Crippen LogP contribution in [0.3, 0.4) is 0 Å². The highest BCUT2D eigenvalue weighted by Gasteiger charge is 2.24. The number of piperazine rings is 1. The Morgan fingerprint density at radius 1 is 1.07 bits per heavy atom. The van der Waals surface area contributed by atoms with E-state index in [1.165, 1.54) is 22.5 Å². The number of amides is 1. The molecule has 1 aromatic heterocycles. The number of ether oxygens (including phenoxy) is 1. The molecule has 0 unspecified atom stereocenters. The molecule has 0 N–H and O–H groups in total. The van der Waals surface area contributed by atoms with E-state index in [9.17, 15) is 4.79 Å². The number of nitrogens with zero attached hydrogens (tertiary/aromatic N) is 3. The summed E-state index contributed by atoms with van der Waals surface area (Å²) >= 11 is 1.50. The van der Waals surface area contributed by atoms with Crippen LogP contribution in [0.4, 0.5) is 0 Å². The number of aromatic nitrogens is 1. The van der Waals surface area contributed by atoms with Gasteiger partial charge in [-0.25, -0.2) is 4.98 Å². The highest BCUT2D eigenvalue weighted by Crippen LogP contribution is 2.26. The number of hydrogen-bond acceptors (Lipinski definition) is 5. The SMILES string of the molecule is COc1ccc(-c2nc(C(=O)N3CCN(Cc4ccccc4C)CC3)cs2)cc1. The van der Waals surface area contributed by atoms with Crippen molar-refractivity contribution in [1.82, 2.24) is 14.8 Å². The van der Waals surface area contributed by atoms with Crippen LogP contribution < -0.4 is 4.74 Å². The van der Waals surface area contributed by atoms with E-state index in [1.807, 2.05) is 34.5 Å². The van der Waals surface area contributed by atoms with Crippen LogP contribution in [0.2, 0.25) is 0 Å². The lowest BCUT2D eigenvalue weighted by molar-refractivity contribution is 0.0623. The normalized spacial score (nSPS) is 14.8. The Hall–Kier alpha value is -2.70. The largest absolute Gasteiger partial charge is 0.497 e. The maximum atomic E-state index is 12.9. The summed E-state index contributed by atoms with van der Waals surface area (Å²) in [5, 5.41) is 2.72. The van der Waals surface area contributed by atoms with Gasteiger partial charge in [0.1, 0.15) is 16.5 Å². The monoisotopic (exact) mass is 407 g/mol. The molecule has 3 aromatic rings. The van der Waals surface area contributed by atoms with Gasteiger partial charge in [0.2, 0.25) is 0 Å². The third kappa shape index (κ3) is 4.49. The molecule has 5 nitrogen and oxygen atoms in total. The van der Waals surface area contributed by atoms with E-state index in [-0.39, 0.29) is 5.91 Å². The summed E-state index contributed by atoms with van der Waals surface area (Å²) in [7, 11) is 1.65. The zero-order valence-corrected chi connectivity index (χ0v) is 17.6. The summed E-state index contributed by atoms with van der Waals surface area (Å²) in [5.41, 5.74) is 4.21. The topological polar surface area (TPSA) is 45.7 Å². The van der Waals surface area contributed by atoms with E-state index in [4.69, 9.17) is 4.74 Å². The molecule has 0 saturated carbocycles. The van der Waals surface area contributed by atoms with Crippen molar-refractivity contribution in [3.63, 3.8) is 0 Å². The van der Waals surface area contributed by atoms with Gasteiger partial charge in [-0.1, -0.05) is 24.3 Å². The van der Waals surface area contributed by atoms with Gasteiger partial charge in [-0.05, 0) is 42.3 Å². The average Bonchev–Trinajstić information content (AvgIpc) is 3.26. The van der Waals surface area contributed by atoms with Crippen molar-refractivity contribution in [2.45, 2.75) is 13.5 Å². The quantitative estimate of drug-likeness (QED) is 0.639. The molecule has 2 aromatic carbocycles. The molecule has 1 aliphatic heterocycles. The molecule has 0 bridgehead atoms. The Kier molecular flexibility index (Phi) is 5.92. The predicted molar refractivity (Wildman–Crippen MR) is 116 cm³/mol. The van der Waals surface area contributed by atoms with Crippen LogP contribution in [0.5, 0.6) is 5.75 Å². The lowest BCUT2D eigenvalue weighted by Gasteiger charge is -2.34. The van der Waals surface area contributed by atoms with Crippen LogP contribution in [0, 0.1) is 6.92 Å². The first kappa shape index (κ1) is 19.6. The molecular formula is C23H25N3O2S. The molecule has 2 heterocycles. The molecule has 1 fully saturated rings. The number of carbonyl (C=O) groups is 1. The molecule has 0 radical (unpaired) electrons. The van der Waals surface area contributed by atoms with Crippen molar-refractivity contribution in [3.8, 4) is 16.3 Å². The molecule has 1 amide bonds. The maximum absolute atomic E-state index is 12.9. The number of hydrogen-bond donors (Lipinski definition) is 0. The van der Waals surface area contributed by atoms with Crippen molar-refractivity contribution in [2.24, 2.45) is 0 Å². The van der Waals surface area contributed by atoms with Gasteiger partial charge in [0.25, 0.3) is 5.91 Å². The number of thiazole rings is 1. The Balaban J connectivity index is 1.36. The second-order valence-corrected chi connectivity index (χ2v) is 8.12. The van der Waals surface area contributed by atoms with Gasteiger partial charge in [-0.2, -0.15) is 0 Å². The summed E-state index contributed by atoms with van der Waals surface area (Å²) in [6.07, 6.45) is 0. The van der Waals surface area contributed by atoms with Crippen molar-refractivity contribution in [3.05, 3.63) is 70.7 Å². The third-order valence-corrected chi connectivity index (χ3v) is 6.27. The fourth-order valence-electron chi connectivity index (χ4n) is 3.54. The number of benzene rings is 2. The molecule has 6 heteroatoms. The second-order valence-electron chi connectivity index (χ2n) is 7.26. The summed E-state index contributed by atoms with van der Waals surface area (Å²) < 4.78 is 5.20. The summed E-state index contributed by atoms with van der Waals surface area (Å²) in [6.45, 7) is 6.33. The molecular weight excluding hydrogens is 382 g/mol. The lowest BCUT2D eigenvalue weighted by Crippen LogP contribution is -2.48. The zero-order chi connectivity index (χ0) is 20.2. The number of methoxy groups -OCH3 is 1. The third-order valence-electron chi connectivity index (χ3n) is 5.37.